The predicted molar refractivity (Wildman–Crippen MR) is 83.5 cm³/mol. The van der Waals surface area contributed by atoms with Gasteiger partial charge in [0.1, 0.15) is 5.75 Å². The van der Waals surface area contributed by atoms with Gasteiger partial charge in [-0.15, -0.1) is 0 Å². The van der Waals surface area contributed by atoms with Crippen molar-refractivity contribution >= 4 is 11.6 Å². The van der Waals surface area contributed by atoms with E-state index in [0.29, 0.717) is 11.8 Å². The molecule has 0 aromatic heterocycles. The Kier molecular flexibility index (Phi) is 4.15. The van der Waals surface area contributed by atoms with Crippen molar-refractivity contribution < 1.29 is 9.53 Å². The van der Waals surface area contributed by atoms with Crippen LogP contribution in [0.1, 0.15) is 33.1 Å². The van der Waals surface area contributed by atoms with Crippen molar-refractivity contribution in [2.24, 2.45) is 11.8 Å². The summed E-state index contributed by atoms with van der Waals surface area (Å²) in [5, 5.41) is 6.43. The molecule has 2 aliphatic rings. The fraction of sp³-hybridized carbons (Fsp3) is 0.588. The summed E-state index contributed by atoms with van der Waals surface area (Å²) < 4.78 is 5.76. The van der Waals surface area contributed by atoms with Crippen molar-refractivity contribution in [2.75, 3.05) is 11.9 Å². The summed E-state index contributed by atoms with van der Waals surface area (Å²) in [6.45, 7) is 4.95. The number of para-hydroxylation sites is 2. The number of nitrogens with one attached hydrogen (secondary N) is 2. The van der Waals surface area contributed by atoms with Crippen molar-refractivity contribution in [3.63, 3.8) is 0 Å². The van der Waals surface area contributed by atoms with Gasteiger partial charge in [0, 0.05) is 0 Å². The molecule has 1 saturated carbocycles. The van der Waals surface area contributed by atoms with Crippen LogP contribution in [-0.4, -0.2) is 24.6 Å². The molecule has 2 N–H and O–H groups in total. The molecule has 0 bridgehead atoms. The van der Waals surface area contributed by atoms with Crippen LogP contribution in [0.5, 0.6) is 5.75 Å². The lowest BCUT2D eigenvalue weighted by Gasteiger charge is -2.20. The van der Waals surface area contributed by atoms with Gasteiger partial charge in [-0.3, -0.25) is 4.79 Å². The lowest BCUT2D eigenvalue weighted by Crippen LogP contribution is -2.39. The van der Waals surface area contributed by atoms with Crippen molar-refractivity contribution in [3.8, 4) is 5.75 Å². The number of carbonyl (C=O) groups is 1. The number of benzene rings is 1. The van der Waals surface area contributed by atoms with Crippen LogP contribution in [0, 0.1) is 11.8 Å². The van der Waals surface area contributed by atoms with E-state index in [-0.39, 0.29) is 18.1 Å². The number of hydrogen-bond acceptors (Lipinski definition) is 3. The van der Waals surface area contributed by atoms with Crippen molar-refractivity contribution in [2.45, 2.75) is 45.3 Å². The lowest BCUT2D eigenvalue weighted by molar-refractivity contribution is -0.118. The number of anilines is 1. The van der Waals surface area contributed by atoms with E-state index >= 15 is 0 Å². The van der Waals surface area contributed by atoms with E-state index in [2.05, 4.69) is 10.6 Å². The highest BCUT2D eigenvalue weighted by Gasteiger charge is 2.42. The Hall–Kier alpha value is -1.55. The average Bonchev–Trinajstić information content (AvgIpc) is 3.02. The molecule has 0 spiro atoms. The van der Waals surface area contributed by atoms with Gasteiger partial charge in [0.25, 0.3) is 0 Å². The normalized spacial score (nSPS) is 27.7. The van der Waals surface area contributed by atoms with Gasteiger partial charge in [0.15, 0.2) is 0 Å². The highest BCUT2D eigenvalue weighted by Crippen LogP contribution is 2.38. The highest BCUT2D eigenvalue weighted by atomic mass is 16.5. The maximum absolute atomic E-state index is 12.6. The van der Waals surface area contributed by atoms with E-state index in [0.717, 1.165) is 18.0 Å². The summed E-state index contributed by atoms with van der Waals surface area (Å²) in [5.74, 6) is 2.00. The molecular formula is C17H24N2O2. The zero-order valence-corrected chi connectivity index (χ0v) is 12.8. The van der Waals surface area contributed by atoms with Crippen LogP contribution in [-0.2, 0) is 4.79 Å². The molecule has 3 rings (SSSR count). The predicted octanol–water partition coefficient (Wildman–Crippen LogP) is 2.80. The van der Waals surface area contributed by atoms with E-state index in [9.17, 15) is 4.79 Å². The Balaban J connectivity index is 1.70. The Bertz CT molecular complexity index is 515. The molecule has 1 saturated heterocycles. The molecule has 4 nitrogen and oxygen atoms in total. The minimum absolute atomic E-state index is 0.0513. The summed E-state index contributed by atoms with van der Waals surface area (Å²) in [6.07, 6.45) is 3.77. The van der Waals surface area contributed by atoms with Gasteiger partial charge in [0.2, 0.25) is 5.91 Å². The minimum atomic E-state index is -0.0513. The maximum atomic E-state index is 12.6. The topological polar surface area (TPSA) is 50.4 Å². The molecule has 1 amide bonds. The summed E-state index contributed by atoms with van der Waals surface area (Å²) in [4.78, 5) is 12.6. The van der Waals surface area contributed by atoms with Crippen molar-refractivity contribution in [1.29, 1.82) is 0 Å². The fourth-order valence-corrected chi connectivity index (χ4v) is 3.61. The van der Waals surface area contributed by atoms with Crippen LogP contribution in [0.2, 0.25) is 0 Å². The Morgan fingerprint density at radius 1 is 1.33 bits per heavy atom. The van der Waals surface area contributed by atoms with Crippen molar-refractivity contribution in [1.82, 2.24) is 5.32 Å². The Morgan fingerprint density at radius 2 is 2.14 bits per heavy atom. The van der Waals surface area contributed by atoms with Crippen LogP contribution in [0.25, 0.3) is 0 Å². The molecule has 1 aromatic rings. The molecule has 2 fully saturated rings. The first-order valence-electron chi connectivity index (χ1n) is 7.95. The Morgan fingerprint density at radius 3 is 2.95 bits per heavy atom. The molecule has 4 heteroatoms. The highest BCUT2D eigenvalue weighted by molar-refractivity contribution is 5.96. The SMILES string of the molecule is CC(C)Oc1ccccc1NC(=O)C1NCC2CCCC21. The third-order valence-corrected chi connectivity index (χ3v) is 4.54. The van der Waals surface area contributed by atoms with Gasteiger partial charge < -0.3 is 15.4 Å². The van der Waals surface area contributed by atoms with Gasteiger partial charge in [-0.1, -0.05) is 18.6 Å². The second-order valence-corrected chi connectivity index (χ2v) is 6.39. The molecule has 21 heavy (non-hydrogen) atoms. The van der Waals surface area contributed by atoms with Gasteiger partial charge in [-0.25, -0.2) is 0 Å². The van der Waals surface area contributed by atoms with Crippen LogP contribution >= 0.6 is 0 Å². The lowest BCUT2D eigenvalue weighted by atomic mass is 9.93. The van der Waals surface area contributed by atoms with E-state index in [1.54, 1.807) is 0 Å². The van der Waals surface area contributed by atoms with E-state index in [1.165, 1.54) is 19.3 Å². The smallest absolute Gasteiger partial charge is 0.241 e. The molecule has 3 atom stereocenters. The summed E-state index contributed by atoms with van der Waals surface area (Å²) in [7, 11) is 0. The molecule has 1 aliphatic carbocycles. The molecule has 3 unspecified atom stereocenters. The molecular weight excluding hydrogens is 264 g/mol. The Labute approximate surface area is 126 Å². The van der Waals surface area contributed by atoms with E-state index in [4.69, 9.17) is 4.74 Å². The van der Waals surface area contributed by atoms with Crippen molar-refractivity contribution in [3.05, 3.63) is 24.3 Å². The first-order chi connectivity index (χ1) is 10.1. The third kappa shape index (κ3) is 3.05. The largest absolute Gasteiger partial charge is 0.489 e. The number of rotatable bonds is 4. The molecule has 114 valence electrons. The minimum Gasteiger partial charge on any atom is -0.489 e. The van der Waals surface area contributed by atoms with E-state index in [1.807, 2.05) is 38.1 Å². The van der Waals surface area contributed by atoms with Crippen LogP contribution < -0.4 is 15.4 Å². The standard InChI is InChI=1S/C17H24N2O2/c1-11(2)21-15-9-4-3-8-14(15)19-17(20)16-13-7-5-6-12(13)10-18-16/h3-4,8-9,11-13,16,18H,5-7,10H2,1-2H3,(H,19,20). The quantitative estimate of drug-likeness (QED) is 0.895. The van der Waals surface area contributed by atoms with Gasteiger partial charge in [-0.2, -0.15) is 0 Å². The van der Waals surface area contributed by atoms with Crippen LogP contribution in [0.4, 0.5) is 5.69 Å². The van der Waals surface area contributed by atoms with Gasteiger partial charge >= 0.3 is 0 Å². The summed E-state index contributed by atoms with van der Waals surface area (Å²) in [5.41, 5.74) is 0.763. The second kappa shape index (κ2) is 6.06. The average molecular weight is 288 g/mol. The number of fused-ring (bicyclic) bond motifs is 1. The second-order valence-electron chi connectivity index (χ2n) is 6.39. The van der Waals surface area contributed by atoms with Crippen LogP contribution in [0.15, 0.2) is 24.3 Å². The monoisotopic (exact) mass is 288 g/mol. The third-order valence-electron chi connectivity index (χ3n) is 4.54. The summed E-state index contributed by atoms with van der Waals surface area (Å²) in [6, 6.07) is 7.59. The number of ether oxygens (including phenoxy) is 1. The number of amides is 1. The molecule has 1 aliphatic heterocycles. The van der Waals surface area contributed by atoms with Crippen LogP contribution in [0.3, 0.4) is 0 Å². The summed E-state index contributed by atoms with van der Waals surface area (Å²) >= 11 is 0. The van der Waals surface area contributed by atoms with Gasteiger partial charge in [-0.05, 0) is 57.2 Å². The van der Waals surface area contributed by atoms with Gasteiger partial charge in [0.05, 0.1) is 17.8 Å². The molecule has 1 aromatic carbocycles. The maximum Gasteiger partial charge on any atom is 0.241 e. The van der Waals surface area contributed by atoms with E-state index < -0.39 is 0 Å². The first kappa shape index (κ1) is 14.4. The molecule has 0 radical (unpaired) electrons. The fourth-order valence-electron chi connectivity index (χ4n) is 3.61. The number of hydrogen-bond donors (Lipinski definition) is 2. The zero-order chi connectivity index (χ0) is 14.8. The first-order valence-corrected chi connectivity index (χ1v) is 7.95. The molecule has 1 heterocycles. The number of carbonyl (C=O) groups excluding carboxylic acids is 1. The zero-order valence-electron chi connectivity index (χ0n) is 12.8.